The number of sulfonamides is 1. The van der Waals surface area contributed by atoms with E-state index in [0.717, 1.165) is 5.39 Å². The van der Waals surface area contributed by atoms with Gasteiger partial charge in [-0.3, -0.25) is 9.78 Å². The number of methoxy groups -OCH3 is 2. The minimum absolute atomic E-state index is 0.0973. The monoisotopic (exact) mass is 415 g/mol. The fourth-order valence-corrected chi connectivity index (χ4v) is 3.99. The number of fused-ring (bicyclic) bond motifs is 1. The average Bonchev–Trinajstić information content (AvgIpc) is 2.73. The van der Waals surface area contributed by atoms with E-state index in [1.807, 2.05) is 24.3 Å². The lowest BCUT2D eigenvalue weighted by Crippen LogP contribution is -2.28. The van der Waals surface area contributed by atoms with Crippen LogP contribution in [0.5, 0.6) is 5.75 Å². The van der Waals surface area contributed by atoms with E-state index in [2.05, 4.69) is 15.0 Å². The summed E-state index contributed by atoms with van der Waals surface area (Å²) in [5, 5.41) is 3.67. The summed E-state index contributed by atoms with van der Waals surface area (Å²) in [5.41, 5.74) is 1.35. The van der Waals surface area contributed by atoms with Gasteiger partial charge in [0.05, 0.1) is 24.9 Å². The van der Waals surface area contributed by atoms with Gasteiger partial charge in [0.2, 0.25) is 10.0 Å². The van der Waals surface area contributed by atoms with Crippen molar-refractivity contribution in [3.8, 4) is 5.75 Å². The third-order valence-corrected chi connectivity index (χ3v) is 5.68. The Kier molecular flexibility index (Phi) is 6.42. The van der Waals surface area contributed by atoms with E-state index in [1.54, 1.807) is 12.3 Å². The van der Waals surface area contributed by atoms with Crippen LogP contribution in [0.15, 0.2) is 59.6 Å². The van der Waals surface area contributed by atoms with Gasteiger partial charge in [-0.1, -0.05) is 18.2 Å². The van der Waals surface area contributed by atoms with Gasteiger partial charge in [-0.05, 0) is 30.3 Å². The van der Waals surface area contributed by atoms with Crippen molar-refractivity contribution in [3.05, 3.63) is 60.3 Å². The van der Waals surface area contributed by atoms with Gasteiger partial charge in [-0.15, -0.1) is 0 Å². The van der Waals surface area contributed by atoms with Crippen LogP contribution in [0.1, 0.15) is 10.4 Å². The van der Waals surface area contributed by atoms with E-state index < -0.39 is 15.9 Å². The maximum absolute atomic E-state index is 12.8. The molecule has 9 heteroatoms. The van der Waals surface area contributed by atoms with Crippen LogP contribution in [0.3, 0.4) is 0 Å². The normalized spacial score (nSPS) is 11.4. The molecule has 0 fully saturated rings. The number of benzene rings is 2. The summed E-state index contributed by atoms with van der Waals surface area (Å²) in [4.78, 5) is 17.0. The van der Waals surface area contributed by atoms with Gasteiger partial charge >= 0.3 is 0 Å². The number of anilines is 1. The molecule has 0 bridgehead atoms. The smallest absolute Gasteiger partial charge is 0.255 e. The van der Waals surface area contributed by atoms with Gasteiger partial charge in [0, 0.05) is 30.8 Å². The molecule has 152 valence electrons. The lowest BCUT2D eigenvalue weighted by molar-refractivity contribution is 0.102. The lowest BCUT2D eigenvalue weighted by atomic mass is 10.1. The number of amides is 1. The fourth-order valence-electron chi connectivity index (χ4n) is 2.78. The first-order valence-electron chi connectivity index (χ1n) is 8.78. The molecule has 0 aliphatic carbocycles. The number of carbonyl (C=O) groups excluding carboxylic acids is 1. The summed E-state index contributed by atoms with van der Waals surface area (Å²) in [6, 6.07) is 13.4. The van der Waals surface area contributed by atoms with Crippen molar-refractivity contribution in [3.63, 3.8) is 0 Å². The van der Waals surface area contributed by atoms with E-state index in [9.17, 15) is 13.2 Å². The number of carbonyl (C=O) groups is 1. The van der Waals surface area contributed by atoms with Crippen molar-refractivity contribution in [1.82, 2.24) is 9.71 Å². The van der Waals surface area contributed by atoms with Crippen LogP contribution in [0.4, 0.5) is 5.69 Å². The first kappa shape index (κ1) is 20.7. The summed E-state index contributed by atoms with van der Waals surface area (Å²) in [6.45, 7) is 0.315. The highest BCUT2D eigenvalue weighted by molar-refractivity contribution is 7.89. The number of nitrogens with one attached hydrogen (secondary N) is 2. The molecule has 8 nitrogen and oxygen atoms in total. The average molecular weight is 415 g/mol. The number of hydrogen-bond acceptors (Lipinski definition) is 6. The molecular weight excluding hydrogens is 394 g/mol. The number of hydrogen-bond donors (Lipinski definition) is 2. The zero-order valence-electron chi connectivity index (χ0n) is 16.0. The maximum atomic E-state index is 12.8. The molecule has 1 amide bonds. The number of rotatable bonds is 8. The van der Waals surface area contributed by atoms with E-state index in [-0.39, 0.29) is 29.4 Å². The second kappa shape index (κ2) is 8.99. The van der Waals surface area contributed by atoms with Gasteiger partial charge in [0.1, 0.15) is 10.6 Å². The Bertz CT molecular complexity index is 1130. The molecule has 29 heavy (non-hydrogen) atoms. The first-order valence-corrected chi connectivity index (χ1v) is 10.3. The van der Waals surface area contributed by atoms with Crippen molar-refractivity contribution >= 4 is 32.5 Å². The molecular formula is C20H21N3O5S. The van der Waals surface area contributed by atoms with Gasteiger partial charge in [0.25, 0.3) is 5.91 Å². The molecule has 0 aliphatic rings. The number of aromatic nitrogens is 1. The highest BCUT2D eigenvalue weighted by Gasteiger charge is 2.21. The highest BCUT2D eigenvalue weighted by atomic mass is 32.2. The van der Waals surface area contributed by atoms with Crippen LogP contribution in [0, 0.1) is 0 Å². The van der Waals surface area contributed by atoms with Gasteiger partial charge in [-0.25, -0.2) is 13.1 Å². The topological polar surface area (TPSA) is 107 Å². The summed E-state index contributed by atoms with van der Waals surface area (Å²) < 4.78 is 37.7. The minimum atomic E-state index is -3.89. The summed E-state index contributed by atoms with van der Waals surface area (Å²) >= 11 is 0. The molecule has 0 atom stereocenters. The molecule has 0 radical (unpaired) electrons. The molecule has 2 aromatic carbocycles. The van der Waals surface area contributed by atoms with Crippen LogP contribution in [0.2, 0.25) is 0 Å². The third-order valence-electron chi connectivity index (χ3n) is 4.19. The molecule has 0 saturated heterocycles. The number of nitrogens with zero attached hydrogens (tertiary/aromatic N) is 1. The SMILES string of the molecule is COCCNS(=O)(=O)c1cc(C(=O)Nc2cccc3cccnc23)ccc1OC. The van der Waals surface area contributed by atoms with Crippen LogP contribution in [0.25, 0.3) is 10.9 Å². The summed E-state index contributed by atoms with van der Waals surface area (Å²) in [6.07, 6.45) is 1.64. The fraction of sp³-hybridized carbons (Fsp3) is 0.200. The predicted molar refractivity (Wildman–Crippen MR) is 110 cm³/mol. The molecule has 1 aromatic heterocycles. The Balaban J connectivity index is 1.91. The Morgan fingerprint density at radius 2 is 1.90 bits per heavy atom. The minimum Gasteiger partial charge on any atom is -0.495 e. The van der Waals surface area contributed by atoms with Gasteiger partial charge < -0.3 is 14.8 Å². The van der Waals surface area contributed by atoms with E-state index in [1.165, 1.54) is 32.4 Å². The Labute approximate surface area is 168 Å². The van der Waals surface area contributed by atoms with E-state index >= 15 is 0 Å². The van der Waals surface area contributed by atoms with Crippen LogP contribution in [-0.2, 0) is 14.8 Å². The second-order valence-electron chi connectivity index (χ2n) is 6.09. The van der Waals surface area contributed by atoms with E-state index in [4.69, 9.17) is 9.47 Å². The van der Waals surface area contributed by atoms with Crippen LogP contribution >= 0.6 is 0 Å². The quantitative estimate of drug-likeness (QED) is 0.547. The van der Waals surface area contributed by atoms with Crippen molar-refractivity contribution < 1.29 is 22.7 Å². The molecule has 3 rings (SSSR count). The van der Waals surface area contributed by atoms with Gasteiger partial charge in [-0.2, -0.15) is 0 Å². The Morgan fingerprint density at radius 3 is 2.66 bits per heavy atom. The molecule has 3 aromatic rings. The van der Waals surface area contributed by atoms with Crippen molar-refractivity contribution in [2.24, 2.45) is 0 Å². The Hall–Kier alpha value is -3.01. The molecule has 0 spiro atoms. The number of para-hydroxylation sites is 1. The maximum Gasteiger partial charge on any atom is 0.255 e. The number of pyridine rings is 1. The van der Waals surface area contributed by atoms with Crippen LogP contribution < -0.4 is 14.8 Å². The number of ether oxygens (including phenoxy) is 2. The predicted octanol–water partition coefficient (Wildman–Crippen LogP) is 2.42. The lowest BCUT2D eigenvalue weighted by Gasteiger charge is -2.13. The third kappa shape index (κ3) is 4.70. The largest absolute Gasteiger partial charge is 0.495 e. The molecule has 0 aliphatic heterocycles. The van der Waals surface area contributed by atoms with Gasteiger partial charge in [0.15, 0.2) is 0 Å². The highest BCUT2D eigenvalue weighted by Crippen LogP contribution is 2.26. The van der Waals surface area contributed by atoms with E-state index in [0.29, 0.717) is 11.2 Å². The summed E-state index contributed by atoms with van der Waals surface area (Å²) in [7, 11) is -1.05. The van der Waals surface area contributed by atoms with Crippen molar-refractivity contribution in [2.45, 2.75) is 4.90 Å². The Morgan fingerprint density at radius 1 is 1.10 bits per heavy atom. The van der Waals surface area contributed by atoms with Crippen molar-refractivity contribution in [1.29, 1.82) is 0 Å². The standard InChI is InChI=1S/C20H21N3O5S/c1-27-12-11-22-29(25,26)18-13-15(8-9-17(18)28-2)20(24)23-16-7-3-5-14-6-4-10-21-19(14)16/h3-10,13,22H,11-12H2,1-2H3,(H,23,24). The van der Waals surface area contributed by atoms with Crippen LogP contribution in [-0.4, -0.2) is 46.7 Å². The first-order chi connectivity index (χ1) is 14.0. The molecule has 0 saturated carbocycles. The zero-order valence-corrected chi connectivity index (χ0v) is 16.8. The second-order valence-corrected chi connectivity index (χ2v) is 7.83. The molecule has 0 unspecified atom stereocenters. The molecule has 2 N–H and O–H groups in total. The summed E-state index contributed by atoms with van der Waals surface area (Å²) in [5.74, 6) is -0.322. The van der Waals surface area contributed by atoms with Crippen molar-refractivity contribution in [2.75, 3.05) is 32.7 Å². The zero-order chi connectivity index (χ0) is 20.9. The molecule has 1 heterocycles.